The summed E-state index contributed by atoms with van der Waals surface area (Å²) < 4.78 is 12.2. The van der Waals surface area contributed by atoms with Crippen LogP contribution in [0, 0.1) is 0 Å². The summed E-state index contributed by atoms with van der Waals surface area (Å²) in [5.41, 5.74) is 0.715. The minimum Gasteiger partial charge on any atom is -0.255 e. The molecule has 0 atom stereocenters. The lowest BCUT2D eigenvalue weighted by atomic mass is 10.2. The van der Waals surface area contributed by atoms with E-state index in [1.807, 2.05) is 6.07 Å². The van der Waals surface area contributed by atoms with Gasteiger partial charge in [-0.3, -0.25) is 4.94 Å². The van der Waals surface area contributed by atoms with Crippen LogP contribution in [0.2, 0.25) is 0 Å². The molecule has 0 bridgehead atoms. The van der Waals surface area contributed by atoms with E-state index in [4.69, 9.17) is 0 Å². The third kappa shape index (κ3) is 2.62. The van der Waals surface area contributed by atoms with Gasteiger partial charge in [-0.15, -0.1) is 0 Å². The molecule has 0 heterocycles. The molecule has 0 saturated heterocycles. The molecule has 0 aromatic heterocycles. The molecule has 0 fully saturated rings. The fourth-order valence-corrected chi connectivity index (χ4v) is 1.29. The van der Waals surface area contributed by atoms with E-state index in [-0.39, 0.29) is 6.42 Å². The predicted molar refractivity (Wildman–Crippen MR) is 45.0 cm³/mol. The summed E-state index contributed by atoms with van der Waals surface area (Å²) in [4.78, 5) is 13.5. The summed E-state index contributed by atoms with van der Waals surface area (Å²) in [6.07, 6.45) is -0.0457. The summed E-state index contributed by atoms with van der Waals surface area (Å²) >= 11 is 3.23. The zero-order chi connectivity index (χ0) is 8.97. The molecule has 12 heavy (non-hydrogen) atoms. The SMILES string of the molecule is O=C(Cc1cccc(Br)c1)OF. The summed E-state index contributed by atoms with van der Waals surface area (Å²) in [5, 5.41) is 0. The minimum atomic E-state index is -0.881. The molecule has 64 valence electrons. The first kappa shape index (κ1) is 9.19. The summed E-state index contributed by atoms with van der Waals surface area (Å²) in [5.74, 6) is -0.881. The summed E-state index contributed by atoms with van der Waals surface area (Å²) in [7, 11) is 0. The van der Waals surface area contributed by atoms with Crippen LogP contribution in [0.3, 0.4) is 0 Å². The molecular formula is C8H6BrFO2. The highest BCUT2D eigenvalue weighted by atomic mass is 79.9. The fourth-order valence-electron chi connectivity index (χ4n) is 0.841. The third-order valence-corrected chi connectivity index (χ3v) is 1.82. The molecule has 1 aromatic rings. The molecular weight excluding hydrogens is 227 g/mol. The van der Waals surface area contributed by atoms with Gasteiger partial charge in [-0.05, 0) is 17.7 Å². The van der Waals surface area contributed by atoms with Gasteiger partial charge in [0.05, 0.1) is 6.42 Å². The van der Waals surface area contributed by atoms with Gasteiger partial charge in [-0.2, -0.15) is 0 Å². The number of rotatable bonds is 2. The van der Waals surface area contributed by atoms with Crippen LogP contribution in [-0.2, 0) is 16.2 Å². The smallest absolute Gasteiger partial charge is 0.255 e. The maximum Gasteiger partial charge on any atom is 0.353 e. The van der Waals surface area contributed by atoms with Crippen LogP contribution >= 0.6 is 15.9 Å². The lowest BCUT2D eigenvalue weighted by Crippen LogP contribution is -2.01. The highest BCUT2D eigenvalue weighted by Gasteiger charge is 2.04. The van der Waals surface area contributed by atoms with Gasteiger partial charge in [0.2, 0.25) is 0 Å². The fraction of sp³-hybridized carbons (Fsp3) is 0.125. The molecule has 0 amide bonds. The first-order chi connectivity index (χ1) is 5.72. The van der Waals surface area contributed by atoms with Gasteiger partial charge in [-0.25, -0.2) is 4.79 Å². The van der Waals surface area contributed by atoms with Crippen molar-refractivity contribution in [2.24, 2.45) is 0 Å². The van der Waals surface area contributed by atoms with E-state index in [1.54, 1.807) is 18.2 Å². The highest BCUT2D eigenvalue weighted by molar-refractivity contribution is 9.10. The summed E-state index contributed by atoms with van der Waals surface area (Å²) in [6, 6.07) is 7.05. The number of hydrogen-bond acceptors (Lipinski definition) is 2. The van der Waals surface area contributed by atoms with Gasteiger partial charge in [0.1, 0.15) is 0 Å². The van der Waals surface area contributed by atoms with E-state index in [1.165, 1.54) is 0 Å². The zero-order valence-electron chi connectivity index (χ0n) is 6.09. The van der Waals surface area contributed by atoms with E-state index >= 15 is 0 Å². The van der Waals surface area contributed by atoms with E-state index < -0.39 is 5.97 Å². The van der Waals surface area contributed by atoms with Crippen molar-refractivity contribution in [3.8, 4) is 0 Å². The van der Waals surface area contributed by atoms with Crippen molar-refractivity contribution in [1.29, 1.82) is 0 Å². The monoisotopic (exact) mass is 232 g/mol. The van der Waals surface area contributed by atoms with Crippen LogP contribution in [-0.4, -0.2) is 5.97 Å². The van der Waals surface area contributed by atoms with Crippen molar-refractivity contribution in [1.82, 2.24) is 0 Å². The molecule has 0 radical (unpaired) electrons. The molecule has 1 rings (SSSR count). The Hall–Kier alpha value is -0.900. The van der Waals surface area contributed by atoms with Gasteiger partial charge in [-0.1, -0.05) is 28.1 Å². The van der Waals surface area contributed by atoms with Crippen LogP contribution in [0.15, 0.2) is 28.7 Å². The molecule has 1 aromatic carbocycles. The minimum absolute atomic E-state index is 0.0457. The topological polar surface area (TPSA) is 26.3 Å². The number of benzene rings is 1. The van der Waals surface area contributed by atoms with Gasteiger partial charge in [0, 0.05) is 9.00 Å². The average Bonchev–Trinajstić information content (AvgIpc) is 2.04. The van der Waals surface area contributed by atoms with E-state index in [0.717, 1.165) is 4.47 Å². The second kappa shape index (κ2) is 4.21. The van der Waals surface area contributed by atoms with E-state index in [2.05, 4.69) is 20.9 Å². The zero-order valence-corrected chi connectivity index (χ0v) is 7.67. The third-order valence-electron chi connectivity index (χ3n) is 1.32. The van der Waals surface area contributed by atoms with Crippen molar-refractivity contribution >= 4 is 21.9 Å². The molecule has 0 aliphatic rings. The Kier molecular flexibility index (Phi) is 3.22. The molecule has 2 nitrogen and oxygen atoms in total. The molecule has 0 N–H and O–H groups in total. The Morgan fingerprint density at radius 2 is 2.33 bits per heavy atom. The Balaban J connectivity index is 2.69. The van der Waals surface area contributed by atoms with Gasteiger partial charge in [0.25, 0.3) is 0 Å². The van der Waals surface area contributed by atoms with Crippen LogP contribution in [0.4, 0.5) is 4.53 Å². The van der Waals surface area contributed by atoms with Gasteiger partial charge in [0.15, 0.2) is 0 Å². The second-order valence-electron chi connectivity index (χ2n) is 2.26. The van der Waals surface area contributed by atoms with E-state index in [0.29, 0.717) is 5.56 Å². The first-order valence-electron chi connectivity index (χ1n) is 3.28. The Morgan fingerprint density at radius 3 is 2.92 bits per heavy atom. The standard InChI is InChI=1S/C8H6BrFO2/c9-7-3-1-2-6(4-7)5-8(11)12-10/h1-4H,5H2. The van der Waals surface area contributed by atoms with Crippen molar-refractivity contribution in [2.45, 2.75) is 6.42 Å². The number of halogens is 2. The average molecular weight is 233 g/mol. The van der Waals surface area contributed by atoms with Crippen molar-refractivity contribution < 1.29 is 14.3 Å². The first-order valence-corrected chi connectivity index (χ1v) is 4.07. The quantitative estimate of drug-likeness (QED) is 0.783. The summed E-state index contributed by atoms with van der Waals surface area (Å²) in [6.45, 7) is 0. The number of carbonyl (C=O) groups is 1. The van der Waals surface area contributed by atoms with Crippen LogP contribution in [0.25, 0.3) is 0 Å². The predicted octanol–water partition coefficient (Wildman–Crippen LogP) is 2.42. The van der Waals surface area contributed by atoms with Crippen LogP contribution in [0.1, 0.15) is 5.56 Å². The van der Waals surface area contributed by atoms with Gasteiger partial charge >= 0.3 is 5.97 Å². The highest BCUT2D eigenvalue weighted by Crippen LogP contribution is 2.12. The maximum absolute atomic E-state index is 11.3. The number of carbonyl (C=O) groups excluding carboxylic acids is 1. The molecule has 0 aliphatic heterocycles. The lowest BCUT2D eigenvalue weighted by Gasteiger charge is -1.96. The largest absolute Gasteiger partial charge is 0.353 e. The molecule has 0 aliphatic carbocycles. The molecule has 4 heteroatoms. The van der Waals surface area contributed by atoms with Crippen LogP contribution in [0.5, 0.6) is 0 Å². The van der Waals surface area contributed by atoms with Gasteiger partial charge < -0.3 is 0 Å². The van der Waals surface area contributed by atoms with Crippen molar-refractivity contribution in [3.05, 3.63) is 34.3 Å². The Morgan fingerprint density at radius 1 is 1.58 bits per heavy atom. The van der Waals surface area contributed by atoms with Crippen molar-refractivity contribution in [3.63, 3.8) is 0 Å². The lowest BCUT2D eigenvalue weighted by molar-refractivity contribution is -0.182. The normalized spacial score (nSPS) is 9.50. The Labute approximate surface area is 77.4 Å². The maximum atomic E-state index is 11.3. The molecule has 0 spiro atoms. The van der Waals surface area contributed by atoms with Crippen molar-refractivity contribution in [2.75, 3.05) is 0 Å². The molecule has 0 unspecified atom stereocenters. The second-order valence-corrected chi connectivity index (χ2v) is 3.17. The Bertz CT molecular complexity index is 288. The van der Waals surface area contributed by atoms with E-state index in [9.17, 15) is 9.32 Å². The number of hydrogen-bond donors (Lipinski definition) is 0. The van der Waals surface area contributed by atoms with Crippen LogP contribution < -0.4 is 0 Å². The molecule has 0 saturated carbocycles.